The summed E-state index contributed by atoms with van der Waals surface area (Å²) in [6.45, 7) is 2.02. The number of carboxylic acids is 1. The van der Waals surface area contributed by atoms with E-state index in [0.29, 0.717) is 6.29 Å². The standard InChI is InChI=1S/C17H15NO4/c1-10-2-3-12-14(8-18-15(12)6-10)11-7-16(22-9-11)13(4-5-19)17(20)21/h2-3,5-9,13,18H,4H2,1H3,(H,20,21). The van der Waals surface area contributed by atoms with Crippen molar-refractivity contribution in [3.63, 3.8) is 0 Å². The number of carboxylic acid groups (broad SMARTS) is 1. The summed E-state index contributed by atoms with van der Waals surface area (Å²) in [5.74, 6) is -1.72. The van der Waals surface area contributed by atoms with Gasteiger partial charge in [-0.3, -0.25) is 4.79 Å². The van der Waals surface area contributed by atoms with E-state index in [2.05, 4.69) is 4.98 Å². The van der Waals surface area contributed by atoms with Crippen LogP contribution in [0.1, 0.15) is 23.7 Å². The van der Waals surface area contributed by atoms with E-state index in [4.69, 9.17) is 4.42 Å². The van der Waals surface area contributed by atoms with E-state index in [9.17, 15) is 14.7 Å². The molecule has 2 aromatic heterocycles. The summed E-state index contributed by atoms with van der Waals surface area (Å²) in [5, 5.41) is 10.2. The molecule has 0 fully saturated rings. The Morgan fingerprint density at radius 2 is 2.23 bits per heavy atom. The predicted molar refractivity (Wildman–Crippen MR) is 81.8 cm³/mol. The predicted octanol–water partition coefficient (Wildman–Crippen LogP) is 3.49. The fourth-order valence-corrected chi connectivity index (χ4v) is 2.59. The first-order valence-corrected chi connectivity index (χ1v) is 6.93. The molecular formula is C17H15NO4. The lowest BCUT2D eigenvalue weighted by molar-refractivity contribution is -0.140. The second kappa shape index (κ2) is 5.52. The number of aliphatic carboxylic acids is 1. The lowest BCUT2D eigenvalue weighted by Crippen LogP contribution is -2.11. The highest BCUT2D eigenvalue weighted by molar-refractivity contribution is 5.95. The number of aromatic nitrogens is 1. The third-order valence-electron chi connectivity index (χ3n) is 3.74. The highest BCUT2D eigenvalue weighted by atomic mass is 16.4. The monoisotopic (exact) mass is 297 g/mol. The van der Waals surface area contributed by atoms with Gasteiger partial charge in [0.05, 0.1) is 6.26 Å². The Hall–Kier alpha value is -2.82. The molecule has 1 unspecified atom stereocenters. The van der Waals surface area contributed by atoms with Gasteiger partial charge in [0.25, 0.3) is 0 Å². The van der Waals surface area contributed by atoms with Crippen LogP contribution in [0.4, 0.5) is 0 Å². The number of aromatic amines is 1. The lowest BCUT2D eigenvalue weighted by Gasteiger charge is -2.03. The highest BCUT2D eigenvalue weighted by Crippen LogP contribution is 2.32. The van der Waals surface area contributed by atoms with Crippen LogP contribution in [0.15, 0.2) is 41.1 Å². The number of nitrogens with one attached hydrogen (secondary N) is 1. The van der Waals surface area contributed by atoms with Crippen molar-refractivity contribution in [2.24, 2.45) is 0 Å². The quantitative estimate of drug-likeness (QED) is 0.706. The topological polar surface area (TPSA) is 83.3 Å². The molecule has 112 valence electrons. The first-order chi connectivity index (χ1) is 10.6. The molecule has 1 aromatic carbocycles. The molecule has 3 rings (SSSR count). The number of hydrogen-bond acceptors (Lipinski definition) is 3. The van der Waals surface area contributed by atoms with Gasteiger partial charge in [0.15, 0.2) is 0 Å². The van der Waals surface area contributed by atoms with Crippen LogP contribution in [-0.4, -0.2) is 22.3 Å². The average molecular weight is 297 g/mol. The Balaban J connectivity index is 2.02. The fourth-order valence-electron chi connectivity index (χ4n) is 2.59. The van der Waals surface area contributed by atoms with Crippen molar-refractivity contribution in [3.8, 4) is 11.1 Å². The molecule has 5 heteroatoms. The molecule has 0 aliphatic heterocycles. The zero-order valence-electron chi connectivity index (χ0n) is 12.0. The summed E-state index contributed by atoms with van der Waals surface area (Å²) in [5.41, 5.74) is 3.91. The van der Waals surface area contributed by atoms with Gasteiger partial charge in [0, 0.05) is 34.6 Å². The number of benzene rings is 1. The number of fused-ring (bicyclic) bond motifs is 1. The minimum absolute atomic E-state index is 0.102. The van der Waals surface area contributed by atoms with Crippen molar-refractivity contribution in [1.82, 2.24) is 4.98 Å². The van der Waals surface area contributed by atoms with Crippen LogP contribution < -0.4 is 0 Å². The Bertz CT molecular complexity index is 843. The largest absolute Gasteiger partial charge is 0.481 e. The van der Waals surface area contributed by atoms with E-state index in [1.54, 1.807) is 6.07 Å². The van der Waals surface area contributed by atoms with Crippen molar-refractivity contribution in [3.05, 3.63) is 48.0 Å². The van der Waals surface area contributed by atoms with Gasteiger partial charge >= 0.3 is 5.97 Å². The van der Waals surface area contributed by atoms with Crippen molar-refractivity contribution in [1.29, 1.82) is 0 Å². The lowest BCUT2D eigenvalue weighted by atomic mass is 10.0. The van der Waals surface area contributed by atoms with Gasteiger partial charge < -0.3 is 19.3 Å². The molecule has 3 aromatic rings. The molecule has 0 bridgehead atoms. The van der Waals surface area contributed by atoms with E-state index in [1.165, 1.54) is 6.26 Å². The zero-order valence-corrected chi connectivity index (χ0v) is 12.0. The first kappa shape index (κ1) is 14.1. The normalized spacial score (nSPS) is 12.4. The van der Waals surface area contributed by atoms with Gasteiger partial charge in [0.2, 0.25) is 0 Å². The van der Waals surface area contributed by atoms with Crippen LogP contribution in [0.3, 0.4) is 0 Å². The van der Waals surface area contributed by atoms with Crippen LogP contribution in [0.5, 0.6) is 0 Å². The second-order valence-corrected chi connectivity index (χ2v) is 5.28. The van der Waals surface area contributed by atoms with E-state index in [-0.39, 0.29) is 12.2 Å². The van der Waals surface area contributed by atoms with Crippen LogP contribution in [0, 0.1) is 6.92 Å². The third kappa shape index (κ3) is 2.41. The van der Waals surface area contributed by atoms with Crippen molar-refractivity contribution >= 4 is 23.2 Å². The molecule has 2 N–H and O–H groups in total. The molecular weight excluding hydrogens is 282 g/mol. The summed E-state index contributed by atoms with van der Waals surface area (Å²) in [6, 6.07) is 7.77. The molecule has 22 heavy (non-hydrogen) atoms. The van der Waals surface area contributed by atoms with Gasteiger partial charge in [0.1, 0.15) is 18.0 Å². The van der Waals surface area contributed by atoms with Gasteiger partial charge in [-0.1, -0.05) is 12.1 Å². The second-order valence-electron chi connectivity index (χ2n) is 5.28. The number of carbonyl (C=O) groups is 2. The van der Waals surface area contributed by atoms with E-state index in [1.807, 2.05) is 31.3 Å². The van der Waals surface area contributed by atoms with Crippen molar-refractivity contribution in [2.75, 3.05) is 0 Å². The molecule has 0 aliphatic carbocycles. The number of H-pyrrole nitrogens is 1. The van der Waals surface area contributed by atoms with Gasteiger partial charge in [-0.05, 0) is 24.6 Å². The Kier molecular flexibility index (Phi) is 3.55. The molecule has 0 spiro atoms. The van der Waals surface area contributed by atoms with Crippen molar-refractivity contribution in [2.45, 2.75) is 19.3 Å². The van der Waals surface area contributed by atoms with Crippen LogP contribution in [0.25, 0.3) is 22.0 Å². The molecule has 2 heterocycles. The minimum atomic E-state index is -1.07. The maximum atomic E-state index is 11.2. The summed E-state index contributed by atoms with van der Waals surface area (Å²) in [7, 11) is 0. The van der Waals surface area contributed by atoms with E-state index in [0.717, 1.165) is 27.6 Å². The SMILES string of the molecule is Cc1ccc2c(-c3coc(C(CC=O)C(=O)O)c3)c[nH]c2c1. The van der Waals surface area contributed by atoms with Gasteiger partial charge in [-0.2, -0.15) is 0 Å². The van der Waals surface area contributed by atoms with E-state index < -0.39 is 11.9 Å². The molecule has 5 nitrogen and oxygen atoms in total. The maximum Gasteiger partial charge on any atom is 0.314 e. The first-order valence-electron chi connectivity index (χ1n) is 6.93. The number of aldehydes is 1. The fraction of sp³-hybridized carbons (Fsp3) is 0.176. The highest BCUT2D eigenvalue weighted by Gasteiger charge is 2.23. The number of carbonyl (C=O) groups excluding carboxylic acids is 1. The number of rotatable bonds is 5. The maximum absolute atomic E-state index is 11.2. The van der Waals surface area contributed by atoms with E-state index >= 15 is 0 Å². The average Bonchev–Trinajstić information content (AvgIpc) is 3.10. The van der Waals surface area contributed by atoms with Crippen LogP contribution >= 0.6 is 0 Å². The zero-order chi connectivity index (χ0) is 15.7. The molecule has 0 radical (unpaired) electrons. The summed E-state index contributed by atoms with van der Waals surface area (Å²) < 4.78 is 5.38. The third-order valence-corrected chi connectivity index (χ3v) is 3.74. The number of hydrogen-bond donors (Lipinski definition) is 2. The van der Waals surface area contributed by atoms with Gasteiger partial charge in [-0.25, -0.2) is 0 Å². The minimum Gasteiger partial charge on any atom is -0.481 e. The van der Waals surface area contributed by atoms with Gasteiger partial charge in [-0.15, -0.1) is 0 Å². The Labute approximate surface area is 126 Å². The van der Waals surface area contributed by atoms with Crippen molar-refractivity contribution < 1.29 is 19.1 Å². The molecule has 0 saturated heterocycles. The smallest absolute Gasteiger partial charge is 0.314 e. The van der Waals surface area contributed by atoms with Crippen LogP contribution in [-0.2, 0) is 9.59 Å². The Morgan fingerprint density at radius 1 is 1.41 bits per heavy atom. The molecule has 0 aliphatic rings. The summed E-state index contributed by atoms with van der Waals surface area (Å²) in [4.78, 5) is 25.0. The van der Waals surface area contributed by atoms with Crippen LogP contribution in [0.2, 0.25) is 0 Å². The summed E-state index contributed by atoms with van der Waals surface area (Å²) >= 11 is 0. The number of aryl methyl sites for hydroxylation is 1. The molecule has 0 saturated carbocycles. The molecule has 1 atom stereocenters. The molecule has 0 amide bonds. The number of furan rings is 1. The Morgan fingerprint density at radius 3 is 2.95 bits per heavy atom. The summed E-state index contributed by atoms with van der Waals surface area (Å²) in [6.07, 6.45) is 3.89.